The van der Waals surface area contributed by atoms with Crippen molar-refractivity contribution in [1.82, 2.24) is 9.62 Å². The molecular weight excluding hydrogens is 388 g/mol. The summed E-state index contributed by atoms with van der Waals surface area (Å²) in [6.07, 6.45) is 0. The molecule has 0 aromatic heterocycles. The van der Waals surface area contributed by atoms with Crippen molar-refractivity contribution in [2.45, 2.75) is 0 Å². The molecule has 2 aromatic rings. The van der Waals surface area contributed by atoms with Gasteiger partial charge in [-0.25, -0.2) is 17.2 Å². The van der Waals surface area contributed by atoms with Crippen molar-refractivity contribution in [3.05, 3.63) is 65.7 Å². The molecule has 6 nitrogen and oxygen atoms in total. The molecule has 1 aliphatic rings. The molecule has 0 bridgehead atoms. The summed E-state index contributed by atoms with van der Waals surface area (Å²) in [5, 5.41) is 2.50. The minimum atomic E-state index is -3.52. The molecule has 1 aliphatic heterocycles. The fourth-order valence-electron chi connectivity index (χ4n) is 3.03. The number of rotatable bonds is 6. The van der Waals surface area contributed by atoms with Crippen molar-refractivity contribution in [2.75, 3.05) is 43.4 Å². The van der Waals surface area contributed by atoms with Crippen LogP contribution in [0.25, 0.3) is 0 Å². The van der Waals surface area contributed by atoms with Gasteiger partial charge in [0.2, 0.25) is 10.0 Å². The second-order valence-electron chi connectivity index (χ2n) is 6.44. The first-order valence-electron chi connectivity index (χ1n) is 8.87. The number of hydrogen-bond acceptors (Lipinski definition) is 4. The number of halogens is 2. The Hall–Kier alpha value is -2.52. The molecule has 0 radical (unpaired) electrons. The van der Waals surface area contributed by atoms with Crippen molar-refractivity contribution < 1.29 is 22.0 Å². The van der Waals surface area contributed by atoms with Gasteiger partial charge >= 0.3 is 0 Å². The maximum atomic E-state index is 13.2. The second-order valence-corrected chi connectivity index (χ2v) is 8.53. The summed E-state index contributed by atoms with van der Waals surface area (Å²) >= 11 is 0. The van der Waals surface area contributed by atoms with Gasteiger partial charge in [0.15, 0.2) is 0 Å². The predicted octanol–water partition coefficient (Wildman–Crippen LogP) is 1.85. The SMILES string of the molecule is O=C(NCCS(=O)(=O)N1CCN(c2ccc(F)cc2)CC1)c1cccc(F)c1. The smallest absolute Gasteiger partial charge is 0.251 e. The molecule has 1 amide bonds. The van der Waals surface area contributed by atoms with E-state index in [9.17, 15) is 22.0 Å². The minimum Gasteiger partial charge on any atom is -0.369 e. The molecule has 0 atom stereocenters. The zero-order chi connectivity index (χ0) is 20.1. The average molecular weight is 409 g/mol. The lowest BCUT2D eigenvalue weighted by Gasteiger charge is -2.35. The quantitative estimate of drug-likeness (QED) is 0.791. The summed E-state index contributed by atoms with van der Waals surface area (Å²) in [4.78, 5) is 14.0. The maximum absolute atomic E-state index is 13.2. The molecule has 1 N–H and O–H groups in total. The van der Waals surface area contributed by atoms with Gasteiger partial charge in [-0.3, -0.25) is 4.79 Å². The van der Waals surface area contributed by atoms with Gasteiger partial charge < -0.3 is 10.2 Å². The van der Waals surface area contributed by atoms with E-state index in [1.807, 2.05) is 4.90 Å². The average Bonchev–Trinajstić information content (AvgIpc) is 2.68. The van der Waals surface area contributed by atoms with Crippen LogP contribution in [0, 0.1) is 11.6 Å². The molecule has 1 fully saturated rings. The van der Waals surface area contributed by atoms with E-state index >= 15 is 0 Å². The van der Waals surface area contributed by atoms with Crippen molar-refractivity contribution in [3.63, 3.8) is 0 Å². The number of anilines is 1. The Morgan fingerprint density at radius 1 is 0.964 bits per heavy atom. The van der Waals surface area contributed by atoms with Crippen LogP contribution in [0.1, 0.15) is 10.4 Å². The maximum Gasteiger partial charge on any atom is 0.251 e. The molecule has 1 heterocycles. The number of nitrogens with zero attached hydrogens (tertiary/aromatic N) is 2. The number of sulfonamides is 1. The van der Waals surface area contributed by atoms with E-state index in [0.29, 0.717) is 26.2 Å². The minimum absolute atomic E-state index is 0.0597. The summed E-state index contributed by atoms with van der Waals surface area (Å²) in [6.45, 7) is 1.58. The summed E-state index contributed by atoms with van der Waals surface area (Å²) in [7, 11) is -3.52. The Morgan fingerprint density at radius 2 is 1.64 bits per heavy atom. The van der Waals surface area contributed by atoms with Gasteiger partial charge in [0.1, 0.15) is 11.6 Å². The molecule has 150 valence electrons. The number of amides is 1. The summed E-state index contributed by atoms with van der Waals surface area (Å²) in [5.41, 5.74) is 0.992. The van der Waals surface area contributed by atoms with Crippen LogP contribution in [-0.2, 0) is 10.0 Å². The third-order valence-corrected chi connectivity index (χ3v) is 6.43. The highest BCUT2D eigenvalue weighted by Crippen LogP contribution is 2.18. The number of carbonyl (C=O) groups is 1. The zero-order valence-corrected chi connectivity index (χ0v) is 16.0. The lowest BCUT2D eigenvalue weighted by molar-refractivity contribution is 0.0955. The van der Waals surface area contributed by atoms with Crippen LogP contribution in [0.4, 0.5) is 14.5 Å². The fourth-order valence-corrected chi connectivity index (χ4v) is 4.37. The van der Waals surface area contributed by atoms with Crippen LogP contribution < -0.4 is 10.2 Å². The van der Waals surface area contributed by atoms with Crippen molar-refractivity contribution >= 4 is 21.6 Å². The van der Waals surface area contributed by atoms with E-state index < -0.39 is 21.7 Å². The first kappa shape index (κ1) is 20.2. The van der Waals surface area contributed by atoms with Crippen molar-refractivity contribution in [2.24, 2.45) is 0 Å². The van der Waals surface area contributed by atoms with Crippen LogP contribution in [0.5, 0.6) is 0 Å². The van der Waals surface area contributed by atoms with E-state index in [1.54, 1.807) is 12.1 Å². The van der Waals surface area contributed by atoms with Crippen molar-refractivity contribution in [1.29, 1.82) is 0 Å². The molecule has 2 aromatic carbocycles. The summed E-state index contributed by atoms with van der Waals surface area (Å²) in [6, 6.07) is 11.3. The fraction of sp³-hybridized carbons (Fsp3) is 0.316. The number of hydrogen-bond donors (Lipinski definition) is 1. The third-order valence-electron chi connectivity index (χ3n) is 4.56. The van der Waals surface area contributed by atoms with Gasteiger partial charge in [-0.15, -0.1) is 0 Å². The van der Waals surface area contributed by atoms with Gasteiger partial charge in [-0.1, -0.05) is 6.07 Å². The van der Waals surface area contributed by atoms with Crippen LogP contribution in [0.3, 0.4) is 0 Å². The monoisotopic (exact) mass is 409 g/mol. The lowest BCUT2D eigenvalue weighted by Crippen LogP contribution is -2.50. The van der Waals surface area contributed by atoms with Gasteiger partial charge in [-0.05, 0) is 42.5 Å². The zero-order valence-electron chi connectivity index (χ0n) is 15.1. The molecule has 0 saturated carbocycles. The molecule has 9 heteroatoms. The highest BCUT2D eigenvalue weighted by Gasteiger charge is 2.27. The third kappa shape index (κ3) is 5.05. The van der Waals surface area contributed by atoms with E-state index in [-0.39, 0.29) is 23.7 Å². The molecule has 28 heavy (non-hydrogen) atoms. The van der Waals surface area contributed by atoms with Gasteiger partial charge in [0, 0.05) is 44.0 Å². The first-order valence-corrected chi connectivity index (χ1v) is 10.5. The predicted molar refractivity (Wildman–Crippen MR) is 103 cm³/mol. The summed E-state index contributed by atoms with van der Waals surface area (Å²) in [5.74, 6) is -1.59. The topological polar surface area (TPSA) is 69.7 Å². The normalized spacial score (nSPS) is 15.4. The highest BCUT2D eigenvalue weighted by atomic mass is 32.2. The second kappa shape index (κ2) is 8.66. The molecule has 1 saturated heterocycles. The Balaban J connectivity index is 1.49. The summed E-state index contributed by atoms with van der Waals surface area (Å²) < 4.78 is 52.5. The van der Waals surface area contributed by atoms with Gasteiger partial charge in [0.05, 0.1) is 5.75 Å². The van der Waals surface area contributed by atoms with E-state index in [2.05, 4.69) is 5.32 Å². The Morgan fingerprint density at radius 3 is 2.29 bits per heavy atom. The standard InChI is InChI=1S/C19H21F2N3O3S/c20-16-4-6-18(7-5-16)23-9-11-24(12-10-23)28(26,27)13-8-22-19(25)15-2-1-3-17(21)14-15/h1-7,14H,8-13H2,(H,22,25). The van der Waals surface area contributed by atoms with Crippen molar-refractivity contribution in [3.8, 4) is 0 Å². The van der Waals surface area contributed by atoms with Gasteiger partial charge in [0.25, 0.3) is 5.91 Å². The van der Waals surface area contributed by atoms with E-state index in [1.165, 1.54) is 34.6 Å². The van der Waals surface area contributed by atoms with E-state index in [0.717, 1.165) is 11.8 Å². The number of carbonyl (C=O) groups excluding carboxylic acids is 1. The van der Waals surface area contributed by atoms with E-state index in [4.69, 9.17) is 0 Å². The van der Waals surface area contributed by atoms with Crippen LogP contribution in [0.2, 0.25) is 0 Å². The highest BCUT2D eigenvalue weighted by molar-refractivity contribution is 7.89. The molecule has 0 unspecified atom stereocenters. The Kier molecular flexibility index (Phi) is 6.25. The number of benzene rings is 2. The number of piperazine rings is 1. The lowest BCUT2D eigenvalue weighted by atomic mass is 10.2. The van der Waals surface area contributed by atoms with Crippen LogP contribution in [-0.4, -0.2) is 57.1 Å². The molecule has 3 rings (SSSR count). The molecule has 0 spiro atoms. The molecule has 0 aliphatic carbocycles. The van der Waals surface area contributed by atoms with Gasteiger partial charge in [-0.2, -0.15) is 4.31 Å². The Bertz CT molecular complexity index is 928. The van der Waals surface area contributed by atoms with Crippen LogP contribution >= 0.6 is 0 Å². The largest absolute Gasteiger partial charge is 0.369 e. The van der Waals surface area contributed by atoms with Crippen LogP contribution in [0.15, 0.2) is 48.5 Å². The first-order chi connectivity index (χ1) is 13.3. The Labute approximate surface area is 162 Å². The number of nitrogens with one attached hydrogen (secondary N) is 1. The molecular formula is C19H21F2N3O3S.